The van der Waals surface area contributed by atoms with Crippen LogP contribution in [-0.2, 0) is 22.5 Å². The van der Waals surface area contributed by atoms with Crippen molar-refractivity contribution >= 4 is 5.91 Å². The van der Waals surface area contributed by atoms with Crippen LogP contribution in [0.3, 0.4) is 0 Å². The Morgan fingerprint density at radius 3 is 2.86 bits per heavy atom. The molecule has 1 amide bonds. The molecule has 6 heteroatoms. The Hall–Kier alpha value is -1.40. The van der Waals surface area contributed by atoms with E-state index in [4.69, 9.17) is 4.74 Å². The number of hydrogen-bond donors (Lipinski definition) is 1. The molecule has 2 rings (SSSR count). The molecule has 0 spiro atoms. The molecule has 1 N–H and O–H groups in total. The van der Waals surface area contributed by atoms with Gasteiger partial charge in [-0.25, -0.2) is 0 Å². The number of carbonyl (C=O) groups excluding carboxylic acids is 1. The second kappa shape index (κ2) is 7.74. The lowest BCUT2D eigenvalue weighted by Gasteiger charge is -2.30. The van der Waals surface area contributed by atoms with Gasteiger partial charge in [-0.15, -0.1) is 0 Å². The number of amides is 1. The van der Waals surface area contributed by atoms with Crippen molar-refractivity contribution in [3.05, 3.63) is 17.0 Å². The van der Waals surface area contributed by atoms with E-state index < -0.39 is 0 Å². The lowest BCUT2D eigenvalue weighted by molar-refractivity contribution is -0.122. The number of morpholine rings is 1. The van der Waals surface area contributed by atoms with Crippen molar-refractivity contribution in [3.8, 4) is 0 Å². The molecule has 1 aromatic heterocycles. The molecule has 0 radical (unpaired) electrons. The van der Waals surface area contributed by atoms with Crippen LogP contribution < -0.4 is 5.32 Å². The lowest BCUT2D eigenvalue weighted by Crippen LogP contribution is -2.41. The summed E-state index contributed by atoms with van der Waals surface area (Å²) in [6.45, 7) is 9.78. The van der Waals surface area contributed by atoms with Crippen LogP contribution in [0, 0.1) is 13.8 Å². The second-order valence-electron chi connectivity index (χ2n) is 6.05. The normalized spacial score (nSPS) is 19.4. The maximum atomic E-state index is 12.1. The number of hydrogen-bond acceptors (Lipinski definition) is 4. The molecule has 0 saturated carbocycles. The van der Waals surface area contributed by atoms with Crippen LogP contribution >= 0.6 is 0 Å². The van der Waals surface area contributed by atoms with Crippen LogP contribution in [0.15, 0.2) is 0 Å². The van der Waals surface area contributed by atoms with Crippen LogP contribution in [0.5, 0.6) is 0 Å². The van der Waals surface area contributed by atoms with Gasteiger partial charge in [0.05, 0.1) is 18.4 Å². The highest BCUT2D eigenvalue weighted by Gasteiger charge is 2.18. The van der Waals surface area contributed by atoms with Gasteiger partial charge in [-0.05, 0) is 39.3 Å². The first-order valence-electron chi connectivity index (χ1n) is 8.11. The van der Waals surface area contributed by atoms with Gasteiger partial charge in [-0.1, -0.05) is 6.92 Å². The van der Waals surface area contributed by atoms with E-state index in [0.29, 0.717) is 6.54 Å². The van der Waals surface area contributed by atoms with Crippen molar-refractivity contribution in [2.45, 2.75) is 46.3 Å². The molecule has 0 unspecified atom stereocenters. The number of ether oxygens (including phenoxy) is 1. The Kier molecular flexibility index (Phi) is 5.97. The van der Waals surface area contributed by atoms with Gasteiger partial charge in [0.25, 0.3) is 0 Å². The zero-order chi connectivity index (χ0) is 16.1. The number of aryl methyl sites for hydroxylation is 1. The van der Waals surface area contributed by atoms with E-state index in [2.05, 4.69) is 29.3 Å². The molecule has 1 aliphatic rings. The van der Waals surface area contributed by atoms with Gasteiger partial charge in [-0.2, -0.15) is 5.10 Å². The highest BCUT2D eigenvalue weighted by Crippen LogP contribution is 2.13. The zero-order valence-electron chi connectivity index (χ0n) is 14.2. The van der Waals surface area contributed by atoms with Crippen molar-refractivity contribution in [2.75, 3.05) is 33.3 Å². The molecule has 1 saturated heterocycles. The summed E-state index contributed by atoms with van der Waals surface area (Å²) in [4.78, 5) is 14.3. The molecule has 1 aliphatic heterocycles. The fourth-order valence-electron chi connectivity index (χ4n) is 3.01. The standard InChI is InChI=1S/C16H28N4O2/c1-5-15-12(2)18-20(13(15)3)11-16(21)17-7-6-14-10-19(4)8-9-22-14/h14H,5-11H2,1-4H3,(H,17,21)/t14-/m1/s1. The molecule has 22 heavy (non-hydrogen) atoms. The lowest BCUT2D eigenvalue weighted by atomic mass is 10.1. The van der Waals surface area contributed by atoms with Crippen LogP contribution in [-0.4, -0.2) is 60.0 Å². The first-order chi connectivity index (χ1) is 10.5. The van der Waals surface area contributed by atoms with Crippen molar-refractivity contribution in [2.24, 2.45) is 0 Å². The molecule has 6 nitrogen and oxygen atoms in total. The summed E-state index contributed by atoms with van der Waals surface area (Å²) in [6.07, 6.45) is 2.03. The second-order valence-corrected chi connectivity index (χ2v) is 6.05. The SMILES string of the molecule is CCc1c(C)nn(CC(=O)NCC[C@@H]2CN(C)CCO2)c1C. The van der Waals surface area contributed by atoms with Gasteiger partial charge >= 0.3 is 0 Å². The van der Waals surface area contributed by atoms with E-state index in [1.165, 1.54) is 5.56 Å². The fraction of sp³-hybridized carbons (Fsp3) is 0.750. The first kappa shape index (κ1) is 17.0. The van der Waals surface area contributed by atoms with E-state index in [9.17, 15) is 4.79 Å². The summed E-state index contributed by atoms with van der Waals surface area (Å²) in [5, 5.41) is 7.42. The predicted octanol–water partition coefficient (Wildman–Crippen LogP) is 0.899. The van der Waals surface area contributed by atoms with E-state index in [1.807, 2.05) is 13.8 Å². The third-order valence-electron chi connectivity index (χ3n) is 4.31. The Morgan fingerprint density at radius 2 is 2.23 bits per heavy atom. The largest absolute Gasteiger partial charge is 0.375 e. The van der Waals surface area contributed by atoms with Gasteiger partial charge in [0.15, 0.2) is 0 Å². The summed E-state index contributed by atoms with van der Waals surface area (Å²) in [7, 11) is 2.10. The number of aromatic nitrogens is 2. The number of rotatable bonds is 6. The topological polar surface area (TPSA) is 59.4 Å². The molecular formula is C16H28N4O2. The van der Waals surface area contributed by atoms with Gasteiger partial charge < -0.3 is 15.0 Å². The summed E-state index contributed by atoms with van der Waals surface area (Å²) in [5.74, 6) is 0.0115. The summed E-state index contributed by atoms with van der Waals surface area (Å²) in [5.41, 5.74) is 3.35. The predicted molar refractivity (Wildman–Crippen MR) is 85.9 cm³/mol. The van der Waals surface area contributed by atoms with E-state index in [1.54, 1.807) is 4.68 Å². The monoisotopic (exact) mass is 308 g/mol. The third kappa shape index (κ3) is 4.30. The Morgan fingerprint density at radius 1 is 1.45 bits per heavy atom. The third-order valence-corrected chi connectivity index (χ3v) is 4.31. The summed E-state index contributed by atoms with van der Waals surface area (Å²) >= 11 is 0. The molecule has 0 aromatic carbocycles. The number of carbonyl (C=O) groups is 1. The number of nitrogens with zero attached hydrogens (tertiary/aromatic N) is 3. The molecule has 1 aromatic rings. The summed E-state index contributed by atoms with van der Waals surface area (Å²) in [6, 6.07) is 0. The Bertz CT molecular complexity index is 512. The minimum atomic E-state index is 0.0115. The van der Waals surface area contributed by atoms with E-state index >= 15 is 0 Å². The first-order valence-corrected chi connectivity index (χ1v) is 8.11. The van der Waals surface area contributed by atoms with Crippen molar-refractivity contribution < 1.29 is 9.53 Å². The van der Waals surface area contributed by atoms with Crippen LogP contribution in [0.4, 0.5) is 0 Å². The molecule has 2 heterocycles. The van der Waals surface area contributed by atoms with Crippen LogP contribution in [0.2, 0.25) is 0 Å². The van der Waals surface area contributed by atoms with Gasteiger partial charge in [0.1, 0.15) is 6.54 Å². The highest BCUT2D eigenvalue weighted by molar-refractivity contribution is 5.75. The molecular weight excluding hydrogens is 280 g/mol. The van der Waals surface area contributed by atoms with Crippen molar-refractivity contribution in [1.82, 2.24) is 20.0 Å². The minimum absolute atomic E-state index is 0.0115. The average molecular weight is 308 g/mol. The quantitative estimate of drug-likeness (QED) is 0.848. The Balaban J connectivity index is 1.76. The molecule has 0 bridgehead atoms. The van der Waals surface area contributed by atoms with Crippen molar-refractivity contribution in [3.63, 3.8) is 0 Å². The molecule has 0 aliphatic carbocycles. The smallest absolute Gasteiger partial charge is 0.241 e. The number of likely N-dealkylation sites (N-methyl/N-ethyl adjacent to an activating group) is 1. The average Bonchev–Trinajstić information content (AvgIpc) is 2.73. The van der Waals surface area contributed by atoms with Gasteiger partial charge in [-0.3, -0.25) is 9.48 Å². The van der Waals surface area contributed by atoms with Crippen LogP contribution in [0.25, 0.3) is 0 Å². The van der Waals surface area contributed by atoms with Gasteiger partial charge in [0.2, 0.25) is 5.91 Å². The molecule has 1 fully saturated rings. The zero-order valence-corrected chi connectivity index (χ0v) is 14.2. The van der Waals surface area contributed by atoms with Crippen molar-refractivity contribution in [1.29, 1.82) is 0 Å². The fourth-order valence-corrected chi connectivity index (χ4v) is 3.01. The van der Waals surface area contributed by atoms with Gasteiger partial charge in [0, 0.05) is 25.3 Å². The van der Waals surface area contributed by atoms with E-state index in [-0.39, 0.29) is 18.6 Å². The Labute approximate surface area is 132 Å². The minimum Gasteiger partial charge on any atom is -0.375 e. The number of nitrogens with one attached hydrogen (secondary N) is 1. The maximum Gasteiger partial charge on any atom is 0.241 e. The highest BCUT2D eigenvalue weighted by atomic mass is 16.5. The summed E-state index contributed by atoms with van der Waals surface area (Å²) < 4.78 is 7.49. The van der Waals surface area contributed by atoms with E-state index in [0.717, 1.165) is 43.9 Å². The molecule has 1 atom stereocenters. The molecule has 124 valence electrons. The maximum absolute atomic E-state index is 12.1. The van der Waals surface area contributed by atoms with Crippen LogP contribution in [0.1, 0.15) is 30.3 Å².